The van der Waals surface area contributed by atoms with Crippen molar-refractivity contribution in [1.29, 1.82) is 0 Å². The van der Waals surface area contributed by atoms with Crippen molar-refractivity contribution in [2.75, 3.05) is 0 Å². The van der Waals surface area contributed by atoms with Gasteiger partial charge in [0.2, 0.25) is 0 Å². The Kier molecular flexibility index (Phi) is 5.19. The molecule has 0 aromatic carbocycles. The standard InChI is InChI=1S/C16H24N2O5S/c1-5-6-12-9-13-11(7-8-14(17-13)24(20,21)22)10-18(12)15(19)23-16(2,3)4/h7-8,12H,5-6,9-10H2,1-4H3,(H,20,21,22). The first kappa shape index (κ1) is 18.7. The molecule has 0 fully saturated rings. The second kappa shape index (κ2) is 6.68. The van der Waals surface area contributed by atoms with Crippen LogP contribution in [0, 0.1) is 0 Å². The van der Waals surface area contributed by atoms with Crippen molar-refractivity contribution >= 4 is 16.2 Å². The van der Waals surface area contributed by atoms with Crippen LogP contribution in [-0.4, -0.2) is 40.6 Å². The first-order chi connectivity index (χ1) is 11.0. The molecule has 1 aromatic heterocycles. The molecule has 0 radical (unpaired) electrons. The zero-order chi connectivity index (χ0) is 18.1. The molecule has 0 saturated heterocycles. The van der Waals surface area contributed by atoms with E-state index in [9.17, 15) is 13.2 Å². The lowest BCUT2D eigenvalue weighted by atomic mass is 9.96. The minimum atomic E-state index is -4.34. The number of hydrogen-bond acceptors (Lipinski definition) is 5. The third kappa shape index (κ3) is 4.45. The predicted molar refractivity (Wildman–Crippen MR) is 88.2 cm³/mol. The van der Waals surface area contributed by atoms with Crippen molar-refractivity contribution in [2.24, 2.45) is 0 Å². The van der Waals surface area contributed by atoms with Gasteiger partial charge in [0.05, 0.1) is 6.54 Å². The van der Waals surface area contributed by atoms with Crippen LogP contribution in [-0.2, 0) is 27.8 Å². The van der Waals surface area contributed by atoms with Crippen molar-refractivity contribution in [3.8, 4) is 0 Å². The molecule has 2 heterocycles. The van der Waals surface area contributed by atoms with Gasteiger partial charge in [0.25, 0.3) is 0 Å². The lowest BCUT2D eigenvalue weighted by Gasteiger charge is -2.37. The average Bonchev–Trinajstić information content (AvgIpc) is 2.43. The fraction of sp³-hybridized carbons (Fsp3) is 0.625. The number of rotatable bonds is 3. The highest BCUT2D eigenvalue weighted by Crippen LogP contribution is 2.27. The molecule has 0 saturated carbocycles. The van der Waals surface area contributed by atoms with Crippen LogP contribution in [0.5, 0.6) is 0 Å². The van der Waals surface area contributed by atoms with Crippen LogP contribution in [0.3, 0.4) is 0 Å². The number of carbonyl (C=O) groups is 1. The molecule has 7 nitrogen and oxygen atoms in total. The second-order valence-electron chi connectivity index (χ2n) is 6.99. The Labute approximate surface area is 142 Å². The van der Waals surface area contributed by atoms with E-state index in [-0.39, 0.29) is 17.2 Å². The van der Waals surface area contributed by atoms with Gasteiger partial charge in [-0.15, -0.1) is 0 Å². The fourth-order valence-electron chi connectivity index (χ4n) is 2.75. The fourth-order valence-corrected chi connectivity index (χ4v) is 3.21. The maximum atomic E-state index is 12.5. The minimum absolute atomic E-state index is 0.110. The molecule has 1 atom stereocenters. The number of carbonyl (C=O) groups excluding carboxylic acids is 1. The zero-order valence-electron chi connectivity index (χ0n) is 14.4. The molecule has 1 aliphatic rings. The molecule has 2 rings (SSSR count). The third-order valence-electron chi connectivity index (χ3n) is 3.77. The van der Waals surface area contributed by atoms with Crippen molar-refractivity contribution in [2.45, 2.75) is 70.2 Å². The Morgan fingerprint density at radius 1 is 1.42 bits per heavy atom. The van der Waals surface area contributed by atoms with Gasteiger partial charge in [-0.1, -0.05) is 19.4 Å². The van der Waals surface area contributed by atoms with Crippen LogP contribution in [0.1, 0.15) is 51.8 Å². The molecule has 0 spiro atoms. The summed E-state index contributed by atoms with van der Waals surface area (Å²) in [5, 5.41) is -0.359. The summed E-state index contributed by atoms with van der Waals surface area (Å²) in [5.41, 5.74) is 0.783. The maximum absolute atomic E-state index is 12.5. The lowest BCUT2D eigenvalue weighted by molar-refractivity contribution is 0.0106. The number of hydrogen-bond donors (Lipinski definition) is 1. The topological polar surface area (TPSA) is 96.8 Å². The smallest absolute Gasteiger partial charge is 0.410 e. The number of pyridine rings is 1. The van der Waals surface area contributed by atoms with E-state index in [4.69, 9.17) is 9.29 Å². The zero-order valence-corrected chi connectivity index (χ0v) is 15.3. The number of aromatic nitrogens is 1. The Balaban J connectivity index is 2.32. The second-order valence-corrected chi connectivity index (χ2v) is 8.35. The predicted octanol–water partition coefficient (Wildman–Crippen LogP) is 2.79. The van der Waals surface area contributed by atoms with Crippen molar-refractivity contribution in [1.82, 2.24) is 9.88 Å². The van der Waals surface area contributed by atoms with Crippen LogP contribution in [0.25, 0.3) is 0 Å². The Morgan fingerprint density at radius 3 is 2.62 bits per heavy atom. The molecular formula is C16H24N2O5S. The number of amides is 1. The number of fused-ring (bicyclic) bond motifs is 1. The Hall–Kier alpha value is -1.67. The highest BCUT2D eigenvalue weighted by atomic mass is 32.2. The quantitative estimate of drug-likeness (QED) is 0.837. The largest absolute Gasteiger partial charge is 0.444 e. The van der Waals surface area contributed by atoms with Crippen LogP contribution < -0.4 is 0 Å². The van der Waals surface area contributed by atoms with Gasteiger partial charge in [0.1, 0.15) is 5.60 Å². The number of nitrogens with zero attached hydrogens (tertiary/aromatic N) is 2. The summed E-state index contributed by atoms with van der Waals surface area (Å²) >= 11 is 0. The summed E-state index contributed by atoms with van der Waals surface area (Å²) in [6.45, 7) is 7.78. The van der Waals surface area contributed by atoms with E-state index >= 15 is 0 Å². The van der Waals surface area contributed by atoms with Crippen LogP contribution in [0.4, 0.5) is 4.79 Å². The van der Waals surface area contributed by atoms with Crippen LogP contribution >= 0.6 is 0 Å². The molecule has 0 aliphatic carbocycles. The third-order valence-corrected chi connectivity index (χ3v) is 4.52. The van der Waals surface area contributed by atoms with Gasteiger partial charge in [-0.3, -0.25) is 4.55 Å². The summed E-state index contributed by atoms with van der Waals surface area (Å²) in [7, 11) is -4.34. The van der Waals surface area contributed by atoms with E-state index < -0.39 is 15.7 Å². The first-order valence-corrected chi connectivity index (χ1v) is 9.41. The molecule has 134 valence electrons. The number of ether oxygens (including phenoxy) is 1. The highest BCUT2D eigenvalue weighted by molar-refractivity contribution is 7.85. The molecule has 1 aliphatic heterocycles. The van der Waals surface area contributed by atoms with E-state index in [0.717, 1.165) is 18.4 Å². The molecule has 1 amide bonds. The highest BCUT2D eigenvalue weighted by Gasteiger charge is 2.33. The Bertz CT molecular complexity index is 724. The van der Waals surface area contributed by atoms with Crippen LogP contribution in [0.2, 0.25) is 0 Å². The monoisotopic (exact) mass is 356 g/mol. The molecule has 1 unspecified atom stereocenters. The summed E-state index contributed by atoms with van der Waals surface area (Å²) in [4.78, 5) is 18.2. The molecular weight excluding hydrogens is 332 g/mol. The first-order valence-electron chi connectivity index (χ1n) is 7.97. The average molecular weight is 356 g/mol. The van der Waals surface area contributed by atoms with E-state index in [1.54, 1.807) is 11.0 Å². The van der Waals surface area contributed by atoms with Gasteiger partial charge in [-0.25, -0.2) is 9.78 Å². The maximum Gasteiger partial charge on any atom is 0.410 e. The SMILES string of the molecule is CCCC1Cc2nc(S(=O)(=O)O)ccc2CN1C(=O)OC(C)(C)C. The van der Waals surface area contributed by atoms with E-state index in [2.05, 4.69) is 4.98 Å². The van der Waals surface area contributed by atoms with Gasteiger partial charge in [-0.05, 0) is 38.8 Å². The van der Waals surface area contributed by atoms with Gasteiger partial charge in [-0.2, -0.15) is 8.42 Å². The van der Waals surface area contributed by atoms with E-state index in [1.165, 1.54) is 6.07 Å². The van der Waals surface area contributed by atoms with E-state index in [0.29, 0.717) is 18.7 Å². The molecule has 1 aromatic rings. The summed E-state index contributed by atoms with van der Waals surface area (Å²) in [6.07, 6.45) is 1.69. The van der Waals surface area contributed by atoms with Gasteiger partial charge >= 0.3 is 16.2 Å². The van der Waals surface area contributed by atoms with Crippen LogP contribution in [0.15, 0.2) is 17.2 Å². The molecule has 0 bridgehead atoms. The van der Waals surface area contributed by atoms with Gasteiger partial charge in [0, 0.05) is 18.2 Å². The Morgan fingerprint density at radius 2 is 2.08 bits per heavy atom. The lowest BCUT2D eigenvalue weighted by Crippen LogP contribution is -2.46. The van der Waals surface area contributed by atoms with Gasteiger partial charge < -0.3 is 9.64 Å². The van der Waals surface area contributed by atoms with Crippen molar-refractivity contribution in [3.05, 3.63) is 23.4 Å². The molecule has 8 heteroatoms. The van der Waals surface area contributed by atoms with Gasteiger partial charge in [0.15, 0.2) is 5.03 Å². The summed E-state index contributed by atoms with van der Waals surface area (Å²) < 4.78 is 37.2. The van der Waals surface area contributed by atoms with Crippen molar-refractivity contribution < 1.29 is 22.5 Å². The van der Waals surface area contributed by atoms with E-state index in [1.807, 2.05) is 27.7 Å². The minimum Gasteiger partial charge on any atom is -0.444 e. The molecule has 24 heavy (non-hydrogen) atoms. The molecule has 1 N–H and O–H groups in total. The normalized spacial score (nSPS) is 18.2. The summed E-state index contributed by atoms with van der Waals surface area (Å²) in [5.74, 6) is 0. The summed E-state index contributed by atoms with van der Waals surface area (Å²) in [6, 6.07) is 2.73. The van der Waals surface area contributed by atoms with Crippen molar-refractivity contribution in [3.63, 3.8) is 0 Å².